The highest BCUT2D eigenvalue weighted by Gasteiger charge is 2.09. The van der Waals surface area contributed by atoms with Gasteiger partial charge >= 0.3 is 6.09 Å². The van der Waals surface area contributed by atoms with Crippen molar-refractivity contribution in [2.75, 3.05) is 12.4 Å². The normalized spacial score (nSPS) is 10.5. The van der Waals surface area contributed by atoms with E-state index in [0.717, 1.165) is 11.0 Å². The quantitative estimate of drug-likeness (QED) is 0.758. The van der Waals surface area contributed by atoms with Crippen LogP contribution in [0.3, 0.4) is 0 Å². The molecule has 0 aliphatic heterocycles. The fraction of sp³-hybridized carbons (Fsp3) is 0.176. The molecule has 0 atom stereocenters. The van der Waals surface area contributed by atoms with Crippen LogP contribution in [0.4, 0.5) is 10.5 Å². The van der Waals surface area contributed by atoms with Gasteiger partial charge in [0.1, 0.15) is 0 Å². The number of nitrogens with one attached hydrogen (secondary N) is 2. The molecule has 0 aliphatic rings. The van der Waals surface area contributed by atoms with Crippen molar-refractivity contribution in [3.05, 3.63) is 54.1 Å². The third-order valence-corrected chi connectivity index (χ3v) is 3.66. The molecule has 0 unspecified atom stereocenters. The topological polar surface area (TPSA) is 98.1 Å². The Bertz CT molecular complexity index is 935. The Morgan fingerprint density at radius 1 is 1.20 bits per heavy atom. The number of hydrogen-bond donors (Lipinski definition) is 2. The summed E-state index contributed by atoms with van der Waals surface area (Å²) in [6.45, 7) is 0.174. The molecule has 1 aromatic carbocycles. The number of hydrogen-bond acceptors (Lipinski definition) is 5. The number of aryl methyl sites for hydroxylation is 1. The van der Waals surface area contributed by atoms with Gasteiger partial charge in [-0.1, -0.05) is 0 Å². The summed E-state index contributed by atoms with van der Waals surface area (Å²) in [5, 5.41) is 5.36. The predicted molar refractivity (Wildman–Crippen MR) is 92.1 cm³/mol. The number of benzene rings is 1. The summed E-state index contributed by atoms with van der Waals surface area (Å²) in [7, 11) is 3.19. The molecule has 25 heavy (non-hydrogen) atoms. The molecule has 0 bridgehead atoms. The van der Waals surface area contributed by atoms with Crippen LogP contribution in [-0.2, 0) is 18.3 Å². The Labute approximate surface area is 143 Å². The highest BCUT2D eigenvalue weighted by Crippen LogP contribution is 2.18. The zero-order valence-electron chi connectivity index (χ0n) is 13.8. The van der Waals surface area contributed by atoms with Crippen LogP contribution < -0.4 is 10.6 Å². The van der Waals surface area contributed by atoms with E-state index in [1.807, 2.05) is 29.8 Å². The summed E-state index contributed by atoms with van der Waals surface area (Å²) in [4.78, 5) is 31.9. The van der Waals surface area contributed by atoms with Crippen molar-refractivity contribution in [3.63, 3.8) is 0 Å². The number of amides is 2. The van der Waals surface area contributed by atoms with E-state index in [4.69, 9.17) is 0 Å². The van der Waals surface area contributed by atoms with Gasteiger partial charge in [-0.2, -0.15) is 0 Å². The van der Waals surface area contributed by atoms with Crippen molar-refractivity contribution in [1.29, 1.82) is 0 Å². The molecule has 0 spiro atoms. The molecule has 0 aliphatic carbocycles. The van der Waals surface area contributed by atoms with Gasteiger partial charge in [0, 0.05) is 24.5 Å². The zero-order valence-corrected chi connectivity index (χ0v) is 13.8. The lowest BCUT2D eigenvalue weighted by Crippen LogP contribution is -2.23. The number of carbonyl (C=O) groups is 2. The van der Waals surface area contributed by atoms with Crippen molar-refractivity contribution < 1.29 is 14.3 Å². The molecular formula is C17H17N5O3. The van der Waals surface area contributed by atoms with Crippen LogP contribution in [0.15, 0.2) is 42.9 Å². The van der Waals surface area contributed by atoms with E-state index in [-0.39, 0.29) is 12.5 Å². The van der Waals surface area contributed by atoms with Gasteiger partial charge in [0.2, 0.25) is 0 Å². The lowest BCUT2D eigenvalue weighted by Gasteiger charge is -2.07. The van der Waals surface area contributed by atoms with Crippen LogP contribution in [0.25, 0.3) is 11.0 Å². The van der Waals surface area contributed by atoms with E-state index in [1.165, 1.54) is 13.3 Å². The minimum atomic E-state index is -0.555. The van der Waals surface area contributed by atoms with Gasteiger partial charge in [0.05, 0.1) is 36.7 Å². The molecule has 2 aromatic heterocycles. The van der Waals surface area contributed by atoms with E-state index < -0.39 is 6.09 Å². The van der Waals surface area contributed by atoms with Crippen LogP contribution in [0.1, 0.15) is 16.1 Å². The van der Waals surface area contributed by atoms with Gasteiger partial charge < -0.3 is 19.9 Å². The van der Waals surface area contributed by atoms with Gasteiger partial charge in [-0.25, -0.2) is 9.78 Å². The number of rotatable bonds is 4. The van der Waals surface area contributed by atoms with E-state index in [0.29, 0.717) is 16.9 Å². The first-order valence-electron chi connectivity index (χ1n) is 7.56. The highest BCUT2D eigenvalue weighted by molar-refractivity contribution is 6.05. The van der Waals surface area contributed by atoms with Crippen LogP contribution in [0, 0.1) is 0 Å². The molecule has 2 heterocycles. The maximum absolute atomic E-state index is 12.4. The van der Waals surface area contributed by atoms with E-state index in [1.54, 1.807) is 18.5 Å². The number of alkyl carbamates (subject to hydrolysis) is 1. The van der Waals surface area contributed by atoms with Crippen LogP contribution >= 0.6 is 0 Å². The van der Waals surface area contributed by atoms with Crippen molar-refractivity contribution >= 4 is 28.7 Å². The average molecular weight is 339 g/mol. The van der Waals surface area contributed by atoms with Gasteiger partial charge in [-0.3, -0.25) is 9.78 Å². The Morgan fingerprint density at radius 3 is 2.84 bits per heavy atom. The average Bonchev–Trinajstić information content (AvgIpc) is 3.00. The summed E-state index contributed by atoms with van der Waals surface area (Å²) in [6, 6.07) is 8.76. The Balaban J connectivity index is 1.72. The van der Waals surface area contributed by atoms with Gasteiger partial charge in [-0.05, 0) is 30.3 Å². The first-order chi connectivity index (χ1) is 12.1. The molecule has 3 aromatic rings. The number of anilines is 1. The number of ether oxygens (including phenoxy) is 1. The standard InChI is InChI=1S/C17H17N5O3/c1-22-10-20-14-8-12(3-4-15(14)22)21-16(23)11-5-6-18-13(7-11)9-19-17(24)25-2/h3-8,10H,9H2,1-2H3,(H,19,24)(H,21,23). The van der Waals surface area contributed by atoms with Gasteiger partial charge in [-0.15, -0.1) is 0 Å². The second-order valence-corrected chi connectivity index (χ2v) is 5.39. The summed E-state index contributed by atoms with van der Waals surface area (Å²) in [6.07, 6.45) is 2.69. The fourth-order valence-electron chi connectivity index (χ4n) is 2.37. The Morgan fingerprint density at radius 2 is 2.04 bits per heavy atom. The number of pyridine rings is 1. The van der Waals surface area contributed by atoms with Crippen molar-refractivity contribution in [1.82, 2.24) is 19.9 Å². The predicted octanol–water partition coefficient (Wildman–Crippen LogP) is 2.08. The molecule has 0 saturated heterocycles. The first kappa shape index (κ1) is 16.4. The van der Waals surface area contributed by atoms with Crippen molar-refractivity contribution in [2.45, 2.75) is 6.54 Å². The molecule has 8 nitrogen and oxygen atoms in total. The van der Waals surface area contributed by atoms with Crippen LogP contribution in [0.2, 0.25) is 0 Å². The number of fused-ring (bicyclic) bond motifs is 1. The van der Waals surface area contributed by atoms with Crippen molar-refractivity contribution in [2.24, 2.45) is 7.05 Å². The van der Waals surface area contributed by atoms with Gasteiger partial charge in [0.25, 0.3) is 5.91 Å². The highest BCUT2D eigenvalue weighted by atomic mass is 16.5. The molecule has 0 fully saturated rings. The van der Waals surface area contributed by atoms with Crippen molar-refractivity contribution in [3.8, 4) is 0 Å². The number of carbonyl (C=O) groups excluding carboxylic acids is 2. The van der Waals surface area contributed by atoms with Crippen LogP contribution in [0.5, 0.6) is 0 Å². The minimum absolute atomic E-state index is 0.174. The lowest BCUT2D eigenvalue weighted by atomic mass is 10.2. The second kappa shape index (κ2) is 7.00. The van der Waals surface area contributed by atoms with E-state index in [2.05, 4.69) is 25.3 Å². The lowest BCUT2D eigenvalue weighted by molar-refractivity contribution is 0.102. The Kier molecular flexibility index (Phi) is 4.60. The maximum atomic E-state index is 12.4. The molecule has 0 radical (unpaired) electrons. The molecule has 2 N–H and O–H groups in total. The first-order valence-corrected chi connectivity index (χ1v) is 7.56. The van der Waals surface area contributed by atoms with E-state index >= 15 is 0 Å². The fourth-order valence-corrected chi connectivity index (χ4v) is 2.37. The maximum Gasteiger partial charge on any atom is 0.407 e. The third kappa shape index (κ3) is 3.74. The summed E-state index contributed by atoms with van der Waals surface area (Å²) in [5.41, 5.74) is 3.44. The molecule has 3 rings (SSSR count). The summed E-state index contributed by atoms with van der Waals surface area (Å²) in [5.74, 6) is -0.267. The molecular weight excluding hydrogens is 322 g/mol. The largest absolute Gasteiger partial charge is 0.453 e. The third-order valence-electron chi connectivity index (χ3n) is 3.66. The second-order valence-electron chi connectivity index (χ2n) is 5.39. The summed E-state index contributed by atoms with van der Waals surface area (Å²) >= 11 is 0. The SMILES string of the molecule is COC(=O)NCc1cc(C(=O)Nc2ccc3c(c2)ncn3C)ccn1. The van der Waals surface area contributed by atoms with Crippen LogP contribution in [-0.4, -0.2) is 33.6 Å². The molecule has 0 saturated carbocycles. The monoisotopic (exact) mass is 339 g/mol. The number of methoxy groups -OCH3 is 1. The molecule has 8 heteroatoms. The van der Waals surface area contributed by atoms with Gasteiger partial charge in [0.15, 0.2) is 0 Å². The number of nitrogens with zero attached hydrogens (tertiary/aromatic N) is 3. The Hall–Kier alpha value is -3.42. The molecule has 2 amide bonds. The zero-order chi connectivity index (χ0) is 17.8. The molecule has 128 valence electrons. The minimum Gasteiger partial charge on any atom is -0.453 e. The number of aromatic nitrogens is 3. The summed E-state index contributed by atoms with van der Waals surface area (Å²) < 4.78 is 6.41. The number of imidazole rings is 1. The van der Waals surface area contributed by atoms with E-state index in [9.17, 15) is 9.59 Å². The smallest absolute Gasteiger partial charge is 0.407 e.